The molecule has 1 fully saturated rings. The second kappa shape index (κ2) is 7.87. The zero-order chi connectivity index (χ0) is 15.2. The number of hydrogen-bond donors (Lipinski definition) is 2. The van der Waals surface area contributed by atoms with E-state index in [2.05, 4.69) is 5.32 Å². The van der Waals surface area contributed by atoms with Gasteiger partial charge in [0.25, 0.3) is 0 Å². The molecule has 1 aliphatic rings. The standard InChI is InChI=1S/C15H20Cl2N2O2/c16-11-4-5-14(12(17)8-11)21-7-6-15(20)19-13-3-1-2-10(13)9-18/h4-5,8,10,13H,1-3,6-7,9,18H2,(H,19,20). The average Bonchev–Trinajstić information content (AvgIpc) is 2.88. The summed E-state index contributed by atoms with van der Waals surface area (Å²) in [6, 6.07) is 5.22. The van der Waals surface area contributed by atoms with E-state index in [1.165, 1.54) is 0 Å². The van der Waals surface area contributed by atoms with E-state index < -0.39 is 0 Å². The molecule has 1 amide bonds. The van der Waals surface area contributed by atoms with Crippen LogP contribution in [0.15, 0.2) is 18.2 Å². The molecular formula is C15H20Cl2N2O2. The highest BCUT2D eigenvalue weighted by Crippen LogP contribution is 2.27. The predicted octanol–water partition coefficient (Wildman–Crippen LogP) is 3.01. The summed E-state index contributed by atoms with van der Waals surface area (Å²) in [4.78, 5) is 11.9. The third-order valence-corrected chi connectivity index (χ3v) is 4.32. The molecule has 0 saturated heterocycles. The number of rotatable bonds is 6. The van der Waals surface area contributed by atoms with Crippen molar-refractivity contribution in [2.24, 2.45) is 11.7 Å². The van der Waals surface area contributed by atoms with Gasteiger partial charge in [-0.2, -0.15) is 0 Å². The fourth-order valence-electron chi connectivity index (χ4n) is 2.63. The number of ether oxygens (including phenoxy) is 1. The average molecular weight is 331 g/mol. The highest BCUT2D eigenvalue weighted by atomic mass is 35.5. The number of halogens is 2. The minimum atomic E-state index is -0.00886. The zero-order valence-electron chi connectivity index (χ0n) is 11.8. The highest BCUT2D eigenvalue weighted by molar-refractivity contribution is 6.35. The molecule has 0 aliphatic heterocycles. The first-order valence-electron chi connectivity index (χ1n) is 7.17. The fourth-order valence-corrected chi connectivity index (χ4v) is 3.10. The molecule has 4 nitrogen and oxygen atoms in total. The predicted molar refractivity (Wildman–Crippen MR) is 84.9 cm³/mol. The number of nitrogens with one attached hydrogen (secondary N) is 1. The second-order valence-corrected chi connectivity index (χ2v) is 6.12. The van der Waals surface area contributed by atoms with Crippen LogP contribution < -0.4 is 15.8 Å². The number of nitrogens with two attached hydrogens (primary N) is 1. The summed E-state index contributed by atoms with van der Waals surface area (Å²) in [5, 5.41) is 4.04. The molecule has 3 N–H and O–H groups in total. The van der Waals surface area contributed by atoms with E-state index in [0.717, 1.165) is 19.3 Å². The van der Waals surface area contributed by atoms with Crippen LogP contribution in [-0.4, -0.2) is 25.1 Å². The van der Waals surface area contributed by atoms with Gasteiger partial charge in [0.1, 0.15) is 5.75 Å². The Morgan fingerprint density at radius 3 is 2.90 bits per heavy atom. The Bertz CT molecular complexity index is 497. The summed E-state index contributed by atoms with van der Waals surface area (Å²) < 4.78 is 5.50. The van der Waals surface area contributed by atoms with Gasteiger partial charge in [0.15, 0.2) is 0 Å². The molecule has 0 radical (unpaired) electrons. The van der Waals surface area contributed by atoms with Crippen molar-refractivity contribution in [2.75, 3.05) is 13.2 Å². The van der Waals surface area contributed by atoms with Crippen LogP contribution in [-0.2, 0) is 4.79 Å². The van der Waals surface area contributed by atoms with Crippen LogP contribution in [0, 0.1) is 5.92 Å². The van der Waals surface area contributed by atoms with Gasteiger partial charge in [-0.15, -0.1) is 0 Å². The van der Waals surface area contributed by atoms with Gasteiger partial charge >= 0.3 is 0 Å². The molecule has 2 rings (SSSR count). The second-order valence-electron chi connectivity index (χ2n) is 5.27. The van der Waals surface area contributed by atoms with E-state index in [-0.39, 0.29) is 18.6 Å². The Kier molecular flexibility index (Phi) is 6.15. The van der Waals surface area contributed by atoms with Crippen LogP contribution in [0.25, 0.3) is 0 Å². The quantitative estimate of drug-likeness (QED) is 0.842. The molecule has 0 aromatic heterocycles. The molecule has 1 aromatic carbocycles. The van der Waals surface area contributed by atoms with Gasteiger partial charge in [0.05, 0.1) is 18.1 Å². The van der Waals surface area contributed by atoms with Crippen LogP contribution in [0.3, 0.4) is 0 Å². The fraction of sp³-hybridized carbons (Fsp3) is 0.533. The molecule has 21 heavy (non-hydrogen) atoms. The molecule has 0 bridgehead atoms. The van der Waals surface area contributed by atoms with E-state index in [0.29, 0.717) is 34.7 Å². The van der Waals surface area contributed by atoms with Crippen LogP contribution in [0.2, 0.25) is 10.0 Å². The van der Waals surface area contributed by atoms with Gasteiger partial charge in [-0.25, -0.2) is 0 Å². The maximum Gasteiger partial charge on any atom is 0.223 e. The summed E-state index contributed by atoms with van der Waals surface area (Å²) in [6.45, 7) is 0.912. The Balaban J connectivity index is 1.74. The minimum absolute atomic E-state index is 0.00886. The smallest absolute Gasteiger partial charge is 0.223 e. The Morgan fingerprint density at radius 1 is 1.38 bits per heavy atom. The summed E-state index contributed by atoms with van der Waals surface area (Å²) in [5.74, 6) is 0.931. The molecule has 0 heterocycles. The normalized spacial score (nSPS) is 21.3. The number of amides is 1. The van der Waals surface area contributed by atoms with Gasteiger partial charge in [0.2, 0.25) is 5.91 Å². The van der Waals surface area contributed by atoms with Crippen molar-refractivity contribution < 1.29 is 9.53 Å². The molecule has 1 saturated carbocycles. The van der Waals surface area contributed by atoms with Gasteiger partial charge in [0, 0.05) is 11.1 Å². The lowest BCUT2D eigenvalue weighted by Gasteiger charge is -2.19. The van der Waals surface area contributed by atoms with E-state index in [1.807, 2.05) is 0 Å². The van der Waals surface area contributed by atoms with Gasteiger partial charge < -0.3 is 15.8 Å². The molecule has 1 aromatic rings. The minimum Gasteiger partial charge on any atom is -0.491 e. The van der Waals surface area contributed by atoms with E-state index >= 15 is 0 Å². The number of carbonyl (C=O) groups excluding carboxylic acids is 1. The van der Waals surface area contributed by atoms with Crippen molar-refractivity contribution >= 4 is 29.1 Å². The third kappa shape index (κ3) is 4.77. The maximum atomic E-state index is 11.9. The molecule has 2 unspecified atom stereocenters. The lowest BCUT2D eigenvalue weighted by Crippen LogP contribution is -2.40. The van der Waals surface area contributed by atoms with Crippen LogP contribution in [0.5, 0.6) is 5.75 Å². The Hall–Kier alpha value is -0.970. The lowest BCUT2D eigenvalue weighted by molar-refractivity contribution is -0.122. The van der Waals surface area contributed by atoms with Crippen molar-refractivity contribution in [1.82, 2.24) is 5.32 Å². The van der Waals surface area contributed by atoms with E-state index in [9.17, 15) is 4.79 Å². The first kappa shape index (κ1) is 16.4. The van der Waals surface area contributed by atoms with Crippen LogP contribution in [0.1, 0.15) is 25.7 Å². The molecule has 0 spiro atoms. The number of carbonyl (C=O) groups is 1. The zero-order valence-corrected chi connectivity index (χ0v) is 13.3. The Morgan fingerprint density at radius 2 is 2.19 bits per heavy atom. The number of hydrogen-bond acceptors (Lipinski definition) is 3. The first-order valence-corrected chi connectivity index (χ1v) is 7.93. The third-order valence-electron chi connectivity index (χ3n) is 3.79. The molecule has 116 valence electrons. The topological polar surface area (TPSA) is 64.3 Å². The first-order chi connectivity index (χ1) is 10.1. The van der Waals surface area contributed by atoms with Crippen LogP contribution in [0.4, 0.5) is 0 Å². The molecule has 1 aliphatic carbocycles. The summed E-state index contributed by atoms with van der Waals surface area (Å²) >= 11 is 11.8. The largest absolute Gasteiger partial charge is 0.491 e. The van der Waals surface area contributed by atoms with Gasteiger partial charge in [-0.1, -0.05) is 29.6 Å². The highest BCUT2D eigenvalue weighted by Gasteiger charge is 2.27. The van der Waals surface area contributed by atoms with Gasteiger partial charge in [-0.05, 0) is 43.5 Å². The van der Waals surface area contributed by atoms with Crippen molar-refractivity contribution in [1.29, 1.82) is 0 Å². The molecule has 6 heteroatoms. The van der Waals surface area contributed by atoms with Crippen molar-refractivity contribution in [3.63, 3.8) is 0 Å². The van der Waals surface area contributed by atoms with Crippen molar-refractivity contribution in [3.05, 3.63) is 28.2 Å². The lowest BCUT2D eigenvalue weighted by atomic mass is 10.0. The maximum absolute atomic E-state index is 11.9. The van der Waals surface area contributed by atoms with Crippen molar-refractivity contribution in [3.8, 4) is 5.75 Å². The van der Waals surface area contributed by atoms with E-state index in [4.69, 9.17) is 33.7 Å². The molecular weight excluding hydrogens is 311 g/mol. The summed E-state index contributed by atoms with van der Waals surface area (Å²) in [7, 11) is 0. The SMILES string of the molecule is NCC1CCCC1NC(=O)CCOc1ccc(Cl)cc1Cl. The van der Waals surface area contributed by atoms with Crippen LogP contribution >= 0.6 is 23.2 Å². The van der Waals surface area contributed by atoms with Gasteiger partial charge in [-0.3, -0.25) is 4.79 Å². The number of benzene rings is 1. The van der Waals surface area contributed by atoms with E-state index in [1.54, 1.807) is 18.2 Å². The van der Waals surface area contributed by atoms with Crippen molar-refractivity contribution in [2.45, 2.75) is 31.7 Å². The summed E-state index contributed by atoms with van der Waals surface area (Å²) in [6.07, 6.45) is 3.53. The monoisotopic (exact) mass is 330 g/mol. The molecule has 2 atom stereocenters. The summed E-state index contributed by atoms with van der Waals surface area (Å²) in [5.41, 5.74) is 5.70. The Labute approximate surface area is 134 Å².